The fourth-order valence-corrected chi connectivity index (χ4v) is 3.99. The van der Waals surface area contributed by atoms with E-state index in [2.05, 4.69) is 0 Å². The summed E-state index contributed by atoms with van der Waals surface area (Å²) >= 11 is 0. The summed E-state index contributed by atoms with van der Waals surface area (Å²) in [4.78, 5) is 12.8. The van der Waals surface area contributed by atoms with Gasteiger partial charge in [-0.15, -0.1) is 0 Å². The molecule has 3 rings (SSSR count). The van der Waals surface area contributed by atoms with E-state index >= 15 is 0 Å². The highest BCUT2D eigenvalue weighted by molar-refractivity contribution is 7.92. The second-order valence-electron chi connectivity index (χ2n) is 6.54. The fourth-order valence-electron chi connectivity index (χ4n) is 2.95. The topological polar surface area (TPSA) is 66.5 Å². The highest BCUT2D eigenvalue weighted by atomic mass is 32.2. The molecule has 12 heteroatoms. The molecule has 1 aliphatic heterocycles. The van der Waals surface area contributed by atoms with Crippen LogP contribution in [0.4, 0.5) is 37.7 Å². The number of nitrogens with one attached hydrogen (secondary N) is 1. The lowest BCUT2D eigenvalue weighted by molar-refractivity contribution is -0.143. The van der Waals surface area contributed by atoms with Crippen LogP contribution in [0.15, 0.2) is 47.4 Å². The van der Waals surface area contributed by atoms with E-state index in [1.165, 1.54) is 17.0 Å². The first kappa shape index (κ1) is 21.9. The highest BCUT2D eigenvalue weighted by Crippen LogP contribution is 2.38. The van der Waals surface area contributed by atoms with Crippen molar-refractivity contribution in [2.75, 3.05) is 16.2 Å². The minimum Gasteiger partial charge on any atom is -0.312 e. The lowest BCUT2D eigenvalue weighted by Crippen LogP contribution is -2.23. The lowest BCUT2D eigenvalue weighted by atomic mass is 10.1. The summed E-state index contributed by atoms with van der Waals surface area (Å²) in [5.74, 6) is -0.132. The second kappa shape index (κ2) is 7.49. The van der Waals surface area contributed by atoms with Crippen LogP contribution in [0, 0.1) is 0 Å². The molecule has 2 aromatic carbocycles. The van der Waals surface area contributed by atoms with Crippen molar-refractivity contribution in [3.8, 4) is 0 Å². The molecule has 0 spiro atoms. The average Bonchev–Trinajstić information content (AvgIpc) is 3.06. The molecule has 1 heterocycles. The van der Waals surface area contributed by atoms with Crippen LogP contribution in [0.5, 0.6) is 0 Å². The number of rotatable bonds is 4. The van der Waals surface area contributed by atoms with Crippen LogP contribution in [0.3, 0.4) is 0 Å². The van der Waals surface area contributed by atoms with Gasteiger partial charge in [0.25, 0.3) is 10.0 Å². The Morgan fingerprint density at radius 1 is 0.867 bits per heavy atom. The van der Waals surface area contributed by atoms with Gasteiger partial charge in [0.05, 0.1) is 21.7 Å². The monoisotopic (exact) mass is 452 g/mol. The third-order valence-electron chi connectivity index (χ3n) is 4.37. The summed E-state index contributed by atoms with van der Waals surface area (Å²) in [6.07, 6.45) is -9.20. The van der Waals surface area contributed by atoms with E-state index in [-0.39, 0.29) is 29.0 Å². The normalized spacial score (nSPS) is 15.5. The Labute approximate surface area is 167 Å². The zero-order valence-electron chi connectivity index (χ0n) is 15.0. The molecule has 0 bridgehead atoms. The summed E-state index contributed by atoms with van der Waals surface area (Å²) < 4.78 is 104. The maximum atomic E-state index is 12.9. The van der Waals surface area contributed by atoms with E-state index in [0.29, 0.717) is 25.1 Å². The molecule has 1 aliphatic rings. The number of hydrogen-bond acceptors (Lipinski definition) is 3. The van der Waals surface area contributed by atoms with Crippen molar-refractivity contribution in [1.82, 2.24) is 0 Å². The maximum absolute atomic E-state index is 12.9. The standard InChI is InChI=1S/C18H14F6N2O3S/c19-17(20,21)11-8-12(18(22,23)24)10-13(9-11)25-30(28,29)15-5-3-14(4-6-15)26-7-1-2-16(26)27/h3-6,8-10,25H,1-2,7H2. The van der Waals surface area contributed by atoms with Crippen LogP contribution in [0.2, 0.25) is 0 Å². The van der Waals surface area contributed by atoms with Gasteiger partial charge in [-0.05, 0) is 48.9 Å². The number of benzene rings is 2. The molecule has 1 N–H and O–H groups in total. The Morgan fingerprint density at radius 3 is 1.83 bits per heavy atom. The number of alkyl halides is 6. The number of sulfonamides is 1. The van der Waals surface area contributed by atoms with Crippen LogP contribution in [-0.4, -0.2) is 20.9 Å². The quantitative estimate of drug-likeness (QED) is 0.687. The van der Waals surface area contributed by atoms with Crippen LogP contribution in [-0.2, 0) is 27.2 Å². The second-order valence-corrected chi connectivity index (χ2v) is 8.23. The third kappa shape index (κ3) is 4.69. The number of hydrogen-bond donors (Lipinski definition) is 1. The summed E-state index contributed by atoms with van der Waals surface area (Å²) in [5.41, 5.74) is -3.72. The Bertz CT molecular complexity index is 1030. The van der Waals surface area contributed by atoms with Gasteiger partial charge in [-0.25, -0.2) is 8.42 Å². The molecule has 0 saturated carbocycles. The van der Waals surface area contributed by atoms with Gasteiger partial charge in [-0.1, -0.05) is 0 Å². The zero-order valence-corrected chi connectivity index (χ0v) is 15.8. The number of anilines is 2. The summed E-state index contributed by atoms with van der Waals surface area (Å²) in [7, 11) is -4.48. The van der Waals surface area contributed by atoms with E-state index in [9.17, 15) is 39.6 Å². The van der Waals surface area contributed by atoms with Crippen molar-refractivity contribution in [1.29, 1.82) is 0 Å². The van der Waals surface area contributed by atoms with Gasteiger partial charge < -0.3 is 4.90 Å². The summed E-state index contributed by atoms with van der Waals surface area (Å²) in [6.45, 7) is 0.466. The van der Waals surface area contributed by atoms with Gasteiger partial charge in [0.2, 0.25) is 5.91 Å². The van der Waals surface area contributed by atoms with Crippen LogP contribution >= 0.6 is 0 Å². The Balaban J connectivity index is 1.92. The SMILES string of the molecule is O=C1CCCN1c1ccc(S(=O)(=O)Nc2cc(C(F)(F)F)cc(C(F)(F)F)c2)cc1. The van der Waals surface area contributed by atoms with Gasteiger partial charge in [0, 0.05) is 18.7 Å². The Kier molecular flexibility index (Phi) is 5.48. The molecule has 0 aliphatic carbocycles. The van der Waals surface area contributed by atoms with Gasteiger partial charge in [0.15, 0.2) is 0 Å². The number of carbonyl (C=O) groups excluding carboxylic acids is 1. The van der Waals surface area contributed by atoms with E-state index in [1.54, 1.807) is 4.72 Å². The summed E-state index contributed by atoms with van der Waals surface area (Å²) in [5, 5.41) is 0. The van der Waals surface area contributed by atoms with E-state index in [4.69, 9.17) is 0 Å². The molecule has 2 aromatic rings. The van der Waals surface area contributed by atoms with E-state index < -0.39 is 39.2 Å². The molecule has 5 nitrogen and oxygen atoms in total. The van der Waals surface area contributed by atoms with Crippen LogP contribution in [0.25, 0.3) is 0 Å². The Hall–Kier alpha value is -2.76. The molecular formula is C18H14F6N2O3S. The first-order valence-electron chi connectivity index (χ1n) is 8.50. The molecule has 0 atom stereocenters. The van der Waals surface area contributed by atoms with Gasteiger partial charge in [0.1, 0.15) is 0 Å². The fraction of sp³-hybridized carbons (Fsp3) is 0.278. The molecule has 0 aromatic heterocycles. The third-order valence-corrected chi connectivity index (χ3v) is 5.77. The summed E-state index contributed by atoms with van der Waals surface area (Å²) in [6, 6.07) is 5.37. The largest absolute Gasteiger partial charge is 0.416 e. The number of halogens is 6. The van der Waals surface area contributed by atoms with E-state index in [1.807, 2.05) is 0 Å². The van der Waals surface area contributed by atoms with Gasteiger partial charge in [-0.2, -0.15) is 26.3 Å². The van der Waals surface area contributed by atoms with Crippen LogP contribution in [0.1, 0.15) is 24.0 Å². The smallest absolute Gasteiger partial charge is 0.312 e. The number of amides is 1. The highest BCUT2D eigenvalue weighted by Gasteiger charge is 2.37. The van der Waals surface area contributed by atoms with Crippen molar-refractivity contribution in [2.24, 2.45) is 0 Å². The molecule has 30 heavy (non-hydrogen) atoms. The molecule has 0 unspecified atom stereocenters. The first-order chi connectivity index (χ1) is 13.8. The molecule has 162 valence electrons. The minimum atomic E-state index is -5.11. The zero-order chi connectivity index (χ0) is 22.3. The molecule has 1 fully saturated rings. The van der Waals surface area contributed by atoms with Crippen molar-refractivity contribution < 1.29 is 39.6 Å². The van der Waals surface area contributed by atoms with Crippen LogP contribution < -0.4 is 9.62 Å². The van der Waals surface area contributed by atoms with Gasteiger partial charge >= 0.3 is 12.4 Å². The molecular weight excluding hydrogens is 438 g/mol. The first-order valence-corrected chi connectivity index (χ1v) is 9.98. The van der Waals surface area contributed by atoms with Crippen molar-refractivity contribution in [3.63, 3.8) is 0 Å². The predicted octanol–water partition coefficient (Wildman–Crippen LogP) is 4.65. The van der Waals surface area contributed by atoms with Crippen molar-refractivity contribution >= 4 is 27.3 Å². The average molecular weight is 452 g/mol. The predicted molar refractivity (Wildman–Crippen MR) is 95.3 cm³/mol. The Morgan fingerprint density at radius 2 is 1.40 bits per heavy atom. The van der Waals surface area contributed by atoms with Gasteiger partial charge in [-0.3, -0.25) is 9.52 Å². The van der Waals surface area contributed by atoms with Crippen molar-refractivity contribution in [3.05, 3.63) is 53.6 Å². The number of nitrogens with zero attached hydrogens (tertiary/aromatic N) is 1. The molecule has 0 radical (unpaired) electrons. The molecule has 1 amide bonds. The van der Waals surface area contributed by atoms with Crippen molar-refractivity contribution in [2.45, 2.75) is 30.1 Å². The lowest BCUT2D eigenvalue weighted by Gasteiger charge is -2.17. The minimum absolute atomic E-state index is 0.0976. The number of carbonyl (C=O) groups is 1. The van der Waals surface area contributed by atoms with E-state index in [0.717, 1.165) is 12.1 Å². The maximum Gasteiger partial charge on any atom is 0.416 e. The molecule has 1 saturated heterocycles.